The first-order chi connectivity index (χ1) is 1.73. The van der Waals surface area contributed by atoms with Gasteiger partial charge in [-0.3, -0.25) is 0 Å². The Kier molecular flexibility index (Phi) is 3.80. The van der Waals surface area contributed by atoms with E-state index in [1.165, 1.54) is 0 Å². The molecule has 0 aliphatic rings. The summed E-state index contributed by atoms with van der Waals surface area (Å²) in [5.74, 6) is 0. The van der Waals surface area contributed by atoms with Crippen LogP contribution in [-0.2, 0) is 0 Å². The SMILES string of the molecule is ClP(Cl)[Se]. The molecule has 0 aromatic carbocycles. The molecule has 1 radical (unpaired) electrons. The van der Waals surface area contributed by atoms with E-state index in [1.807, 2.05) is 0 Å². The molecule has 4 heteroatoms. The molecule has 0 N–H and O–H groups in total. The van der Waals surface area contributed by atoms with Gasteiger partial charge in [-0.1, -0.05) is 0 Å². The van der Waals surface area contributed by atoms with Gasteiger partial charge >= 0.3 is 43.4 Å². The molecule has 0 fully saturated rings. The number of halogens is 2. The molecule has 0 unspecified atom stereocenters. The van der Waals surface area contributed by atoms with E-state index in [0.29, 0.717) is 0 Å². The van der Waals surface area contributed by atoms with Gasteiger partial charge in [-0.2, -0.15) is 0 Å². The summed E-state index contributed by atoms with van der Waals surface area (Å²) in [6.07, 6.45) is 0. The molecule has 0 rings (SSSR count). The van der Waals surface area contributed by atoms with Gasteiger partial charge in [-0.15, -0.1) is 0 Å². The second kappa shape index (κ2) is 2.75. The molecule has 0 aromatic heterocycles. The topological polar surface area (TPSA) is 0 Å². The van der Waals surface area contributed by atoms with E-state index in [4.69, 9.17) is 22.5 Å². The molecule has 0 saturated carbocycles. The van der Waals surface area contributed by atoms with Crippen molar-refractivity contribution in [2.24, 2.45) is 0 Å². The Balaban J connectivity index is 2.32. The normalized spacial score (nSPS) is 9.00. The van der Waals surface area contributed by atoms with Crippen molar-refractivity contribution in [1.29, 1.82) is 0 Å². The molecule has 0 nitrogen and oxygen atoms in total. The predicted octanol–water partition coefficient (Wildman–Crippen LogP) is 1.86. The summed E-state index contributed by atoms with van der Waals surface area (Å²) < 4.78 is 0. The Hall–Kier alpha value is 1.53. The van der Waals surface area contributed by atoms with Gasteiger partial charge < -0.3 is 0 Å². The molecule has 0 aromatic rings. The van der Waals surface area contributed by atoms with E-state index in [1.54, 1.807) is 0 Å². The van der Waals surface area contributed by atoms with Gasteiger partial charge in [0, 0.05) is 0 Å². The van der Waals surface area contributed by atoms with Crippen molar-refractivity contribution in [2.75, 3.05) is 0 Å². The fraction of sp³-hybridized carbons (Fsp3) is 0. The van der Waals surface area contributed by atoms with Crippen molar-refractivity contribution >= 4 is 43.4 Å². The molecule has 25 valence electrons. The molecule has 0 amide bonds. The number of hydrogen-bond donors (Lipinski definition) is 0. The third-order valence-corrected chi connectivity index (χ3v) is 0. The zero-order valence-electron chi connectivity index (χ0n) is 1.61. The Labute approximate surface area is 43.6 Å². The monoisotopic (exact) mass is 181 g/mol. The Morgan fingerprint density at radius 1 is 1.50 bits per heavy atom. The van der Waals surface area contributed by atoms with Gasteiger partial charge in [0.2, 0.25) is 0 Å². The van der Waals surface area contributed by atoms with Crippen LogP contribution in [0.4, 0.5) is 0 Å². The fourth-order valence-electron chi connectivity index (χ4n) is 0. The molecule has 0 saturated heterocycles. The van der Waals surface area contributed by atoms with Crippen molar-refractivity contribution in [3.63, 3.8) is 0 Å². The van der Waals surface area contributed by atoms with Crippen molar-refractivity contribution in [1.82, 2.24) is 0 Å². The van der Waals surface area contributed by atoms with Crippen LogP contribution in [0.15, 0.2) is 0 Å². The van der Waals surface area contributed by atoms with Gasteiger partial charge in [0.25, 0.3) is 0 Å². The van der Waals surface area contributed by atoms with Crippen molar-refractivity contribution in [3.05, 3.63) is 0 Å². The number of hydrogen-bond acceptors (Lipinski definition) is 0. The van der Waals surface area contributed by atoms with Gasteiger partial charge in [0.1, 0.15) is 0 Å². The first-order valence-corrected chi connectivity index (χ1v) is 5.89. The van der Waals surface area contributed by atoms with E-state index in [0.717, 1.165) is 0 Å². The molecule has 0 heterocycles. The Bertz CT molecular complexity index is 10.8. The fourth-order valence-corrected chi connectivity index (χ4v) is 0. The molecule has 0 aliphatic carbocycles. The van der Waals surface area contributed by atoms with Gasteiger partial charge in [0.05, 0.1) is 0 Å². The van der Waals surface area contributed by atoms with E-state index < -0.39 is 5.32 Å². The quantitative estimate of drug-likeness (QED) is 0.395. The minimum atomic E-state index is -0.801. The van der Waals surface area contributed by atoms with E-state index in [-0.39, 0.29) is 0 Å². The zero-order chi connectivity index (χ0) is 3.58. The number of rotatable bonds is 0. The van der Waals surface area contributed by atoms with Crippen molar-refractivity contribution < 1.29 is 0 Å². The van der Waals surface area contributed by atoms with Crippen LogP contribution in [0.3, 0.4) is 0 Å². The summed E-state index contributed by atoms with van der Waals surface area (Å²) in [7, 11) is 0. The zero-order valence-corrected chi connectivity index (χ0v) is 5.73. The van der Waals surface area contributed by atoms with Gasteiger partial charge in [-0.25, -0.2) is 0 Å². The van der Waals surface area contributed by atoms with E-state index >= 15 is 0 Å². The molecule has 0 atom stereocenters. The first-order valence-electron chi connectivity index (χ1n) is 0.521. The van der Waals surface area contributed by atoms with Crippen LogP contribution >= 0.6 is 27.8 Å². The molecule has 4 heavy (non-hydrogen) atoms. The predicted molar refractivity (Wildman–Crippen MR) is 24.4 cm³/mol. The summed E-state index contributed by atoms with van der Waals surface area (Å²) in [5, 5.41) is -0.801. The average molecular weight is 181 g/mol. The maximum absolute atomic E-state index is 5.05. The molecule has 0 spiro atoms. The van der Waals surface area contributed by atoms with E-state index in [9.17, 15) is 0 Å². The average Bonchev–Trinajstić information content (AvgIpc) is 0.811. The summed E-state index contributed by atoms with van der Waals surface area (Å²) in [4.78, 5) is 0. The molecule has 0 bridgehead atoms. The van der Waals surface area contributed by atoms with Crippen LogP contribution in [-0.4, -0.2) is 15.6 Å². The summed E-state index contributed by atoms with van der Waals surface area (Å²) >= 11 is 12.6. The van der Waals surface area contributed by atoms with Crippen molar-refractivity contribution in [3.8, 4) is 0 Å². The third-order valence-electron chi connectivity index (χ3n) is 0. The first kappa shape index (κ1) is 5.53. The summed E-state index contributed by atoms with van der Waals surface area (Å²) in [6, 6.07) is 0. The molecular formula is Cl2PSe. The molecule has 0 aliphatic heterocycles. The maximum atomic E-state index is 5.05. The van der Waals surface area contributed by atoms with E-state index in [2.05, 4.69) is 15.6 Å². The second-order valence-electron chi connectivity index (χ2n) is 0.202. The second-order valence-corrected chi connectivity index (χ2v) is 8.18. The Morgan fingerprint density at radius 3 is 1.50 bits per heavy atom. The van der Waals surface area contributed by atoms with Crippen LogP contribution < -0.4 is 0 Å². The standard InChI is InChI=1S/Cl2PSe/c1-3(2)4. The van der Waals surface area contributed by atoms with Gasteiger partial charge in [-0.05, 0) is 0 Å². The minimum absolute atomic E-state index is 0.801. The van der Waals surface area contributed by atoms with Crippen LogP contribution in [0.2, 0.25) is 0 Å². The Morgan fingerprint density at radius 2 is 1.50 bits per heavy atom. The summed E-state index contributed by atoms with van der Waals surface area (Å²) in [6.45, 7) is 0. The third kappa shape index (κ3) is 9.65. The van der Waals surface area contributed by atoms with Crippen molar-refractivity contribution in [2.45, 2.75) is 0 Å². The molecular weight excluding hydrogens is 181 g/mol. The summed E-state index contributed by atoms with van der Waals surface area (Å²) in [5.41, 5.74) is 0. The van der Waals surface area contributed by atoms with Crippen LogP contribution in [0.1, 0.15) is 0 Å². The van der Waals surface area contributed by atoms with Crippen LogP contribution in [0.5, 0.6) is 0 Å². The van der Waals surface area contributed by atoms with Crippen LogP contribution in [0, 0.1) is 0 Å². The van der Waals surface area contributed by atoms with Crippen LogP contribution in [0.25, 0.3) is 0 Å². The van der Waals surface area contributed by atoms with Gasteiger partial charge in [0.15, 0.2) is 0 Å².